The molecule has 34 heavy (non-hydrogen) atoms. The van der Waals surface area contributed by atoms with Crippen LogP contribution in [0.2, 0.25) is 0 Å². The quantitative estimate of drug-likeness (QED) is 0.0829. The van der Waals surface area contributed by atoms with Crippen LogP contribution >= 0.6 is 0 Å². The highest BCUT2D eigenvalue weighted by atomic mass is 16.3. The van der Waals surface area contributed by atoms with Crippen LogP contribution in [-0.2, 0) is 0 Å². The Balaban J connectivity index is 3.22. The van der Waals surface area contributed by atoms with Gasteiger partial charge in [-0.05, 0) is 38.8 Å². The average molecular weight is 485 g/mol. The van der Waals surface area contributed by atoms with Crippen LogP contribution in [0.4, 0.5) is 0 Å². The molecule has 0 bridgehead atoms. The van der Waals surface area contributed by atoms with Gasteiger partial charge in [0.05, 0.1) is 12.2 Å². The summed E-state index contributed by atoms with van der Waals surface area (Å²) in [5, 5.41) is 27.0. The van der Waals surface area contributed by atoms with Crippen LogP contribution in [0.3, 0.4) is 0 Å². The van der Waals surface area contributed by atoms with Crippen molar-refractivity contribution in [2.45, 2.75) is 167 Å². The number of nitrogens with one attached hydrogen (secondary N) is 2. The van der Waals surface area contributed by atoms with Crippen LogP contribution in [0.15, 0.2) is 0 Å². The first-order valence-electron chi connectivity index (χ1n) is 15.5. The SMILES string of the molecule is CCCCCCCCCCC(O)CNCCCCCCNCC(O)CCCCCCCCCC. The van der Waals surface area contributed by atoms with Crippen molar-refractivity contribution in [3.05, 3.63) is 0 Å². The molecule has 0 amide bonds. The first-order chi connectivity index (χ1) is 16.7. The van der Waals surface area contributed by atoms with Gasteiger partial charge in [0.25, 0.3) is 0 Å². The standard InChI is InChI=1S/C30H64N2O2/c1-3-5-7-9-11-13-15-19-23-29(33)27-31-25-21-17-18-22-26-32-28-30(34)24-20-16-14-12-10-8-6-4-2/h29-34H,3-28H2,1-2H3. The number of rotatable bonds is 29. The van der Waals surface area contributed by atoms with Gasteiger partial charge in [-0.15, -0.1) is 0 Å². The van der Waals surface area contributed by atoms with Crippen LogP contribution in [0.1, 0.15) is 155 Å². The van der Waals surface area contributed by atoms with Gasteiger partial charge < -0.3 is 20.8 Å². The third kappa shape index (κ3) is 28.1. The lowest BCUT2D eigenvalue weighted by Gasteiger charge is -2.12. The molecule has 4 nitrogen and oxygen atoms in total. The minimum atomic E-state index is -0.179. The van der Waals surface area contributed by atoms with Crippen molar-refractivity contribution in [1.82, 2.24) is 10.6 Å². The number of hydrogen-bond acceptors (Lipinski definition) is 4. The smallest absolute Gasteiger partial charge is 0.0664 e. The predicted octanol–water partition coefficient (Wildman–Crippen LogP) is 7.51. The highest BCUT2D eigenvalue weighted by Gasteiger charge is 2.04. The topological polar surface area (TPSA) is 64.5 Å². The molecule has 2 unspecified atom stereocenters. The molecule has 0 aliphatic carbocycles. The highest BCUT2D eigenvalue weighted by molar-refractivity contribution is 4.62. The van der Waals surface area contributed by atoms with Gasteiger partial charge in [0.15, 0.2) is 0 Å². The minimum absolute atomic E-state index is 0.179. The zero-order valence-electron chi connectivity index (χ0n) is 23.4. The van der Waals surface area contributed by atoms with E-state index in [-0.39, 0.29) is 12.2 Å². The third-order valence-electron chi connectivity index (χ3n) is 7.00. The molecule has 0 saturated carbocycles. The first kappa shape index (κ1) is 33.8. The third-order valence-corrected chi connectivity index (χ3v) is 7.00. The Morgan fingerprint density at radius 1 is 0.412 bits per heavy atom. The van der Waals surface area contributed by atoms with Crippen molar-refractivity contribution < 1.29 is 10.2 Å². The van der Waals surface area contributed by atoms with Crippen molar-refractivity contribution in [2.75, 3.05) is 26.2 Å². The van der Waals surface area contributed by atoms with E-state index in [0.29, 0.717) is 0 Å². The van der Waals surface area contributed by atoms with Crippen LogP contribution < -0.4 is 10.6 Å². The summed E-state index contributed by atoms with van der Waals surface area (Å²) in [5.74, 6) is 0. The molecule has 0 spiro atoms. The zero-order valence-corrected chi connectivity index (χ0v) is 23.4. The monoisotopic (exact) mass is 484 g/mol. The highest BCUT2D eigenvalue weighted by Crippen LogP contribution is 2.11. The van der Waals surface area contributed by atoms with Gasteiger partial charge in [0.2, 0.25) is 0 Å². The Bertz CT molecular complexity index is 334. The summed E-state index contributed by atoms with van der Waals surface area (Å²) < 4.78 is 0. The molecule has 0 aliphatic rings. The molecule has 4 N–H and O–H groups in total. The molecule has 0 aromatic heterocycles. The normalized spacial score (nSPS) is 13.4. The van der Waals surface area contributed by atoms with E-state index >= 15 is 0 Å². The van der Waals surface area contributed by atoms with Crippen LogP contribution in [0.25, 0.3) is 0 Å². The summed E-state index contributed by atoms with van der Waals surface area (Å²) in [4.78, 5) is 0. The zero-order chi connectivity index (χ0) is 25.0. The molecule has 206 valence electrons. The van der Waals surface area contributed by atoms with E-state index in [9.17, 15) is 10.2 Å². The van der Waals surface area contributed by atoms with Crippen molar-refractivity contribution in [3.8, 4) is 0 Å². The van der Waals surface area contributed by atoms with Gasteiger partial charge in [-0.3, -0.25) is 0 Å². The lowest BCUT2D eigenvalue weighted by Crippen LogP contribution is -2.28. The van der Waals surface area contributed by atoms with E-state index in [1.165, 1.54) is 116 Å². The summed E-state index contributed by atoms with van der Waals surface area (Å²) in [6.45, 7) is 8.05. The van der Waals surface area contributed by atoms with E-state index in [2.05, 4.69) is 24.5 Å². The molecule has 0 saturated heterocycles. The second-order valence-corrected chi connectivity index (χ2v) is 10.7. The summed E-state index contributed by atoms with van der Waals surface area (Å²) in [7, 11) is 0. The lowest BCUT2D eigenvalue weighted by molar-refractivity contribution is 0.157. The van der Waals surface area contributed by atoms with Gasteiger partial charge in [0, 0.05) is 13.1 Å². The van der Waals surface area contributed by atoms with E-state index in [4.69, 9.17) is 0 Å². The summed E-state index contributed by atoms with van der Waals surface area (Å²) in [5.41, 5.74) is 0. The maximum atomic E-state index is 10.1. The molecule has 2 atom stereocenters. The van der Waals surface area contributed by atoms with Gasteiger partial charge in [-0.1, -0.05) is 129 Å². The molecule has 0 heterocycles. The van der Waals surface area contributed by atoms with Crippen LogP contribution in [0, 0.1) is 0 Å². The van der Waals surface area contributed by atoms with Crippen molar-refractivity contribution in [2.24, 2.45) is 0 Å². The minimum Gasteiger partial charge on any atom is -0.392 e. The Morgan fingerprint density at radius 3 is 1.06 bits per heavy atom. The van der Waals surface area contributed by atoms with Crippen molar-refractivity contribution in [1.29, 1.82) is 0 Å². The van der Waals surface area contributed by atoms with E-state index in [1.54, 1.807) is 0 Å². The molecular weight excluding hydrogens is 420 g/mol. The molecular formula is C30H64N2O2. The molecule has 0 aliphatic heterocycles. The van der Waals surface area contributed by atoms with E-state index in [0.717, 1.165) is 51.9 Å². The Morgan fingerprint density at radius 2 is 0.706 bits per heavy atom. The Hall–Kier alpha value is -0.160. The molecule has 0 aromatic rings. The fourth-order valence-corrected chi connectivity index (χ4v) is 4.62. The van der Waals surface area contributed by atoms with E-state index < -0.39 is 0 Å². The van der Waals surface area contributed by atoms with Crippen molar-refractivity contribution in [3.63, 3.8) is 0 Å². The van der Waals surface area contributed by atoms with Crippen molar-refractivity contribution >= 4 is 0 Å². The van der Waals surface area contributed by atoms with E-state index in [1.807, 2.05) is 0 Å². The number of aliphatic hydroxyl groups excluding tert-OH is 2. The Kier molecular flexibility index (Phi) is 28.9. The fraction of sp³-hybridized carbons (Fsp3) is 1.00. The summed E-state index contributed by atoms with van der Waals surface area (Å²) in [6, 6.07) is 0. The second kappa shape index (κ2) is 29.1. The molecule has 0 radical (unpaired) electrons. The molecule has 0 fully saturated rings. The first-order valence-corrected chi connectivity index (χ1v) is 15.5. The number of aliphatic hydroxyl groups is 2. The summed E-state index contributed by atoms with van der Waals surface area (Å²) >= 11 is 0. The maximum Gasteiger partial charge on any atom is 0.0664 e. The lowest BCUT2D eigenvalue weighted by atomic mass is 10.1. The largest absolute Gasteiger partial charge is 0.392 e. The average Bonchev–Trinajstić information content (AvgIpc) is 2.83. The van der Waals surface area contributed by atoms with Gasteiger partial charge in [-0.2, -0.15) is 0 Å². The summed E-state index contributed by atoms with van der Waals surface area (Å²) in [6.07, 6.45) is 27.6. The fourth-order valence-electron chi connectivity index (χ4n) is 4.62. The van der Waals surface area contributed by atoms with Crippen LogP contribution in [-0.4, -0.2) is 48.6 Å². The van der Waals surface area contributed by atoms with Gasteiger partial charge in [-0.25, -0.2) is 0 Å². The maximum absolute atomic E-state index is 10.1. The Labute approximate surface area is 214 Å². The predicted molar refractivity (Wildman–Crippen MR) is 151 cm³/mol. The van der Waals surface area contributed by atoms with Gasteiger partial charge in [0.1, 0.15) is 0 Å². The molecule has 4 heteroatoms. The van der Waals surface area contributed by atoms with Crippen LogP contribution in [0.5, 0.6) is 0 Å². The second-order valence-electron chi connectivity index (χ2n) is 10.7. The number of unbranched alkanes of at least 4 members (excludes halogenated alkanes) is 17. The molecule has 0 rings (SSSR count). The number of hydrogen-bond donors (Lipinski definition) is 4. The van der Waals surface area contributed by atoms with Gasteiger partial charge >= 0.3 is 0 Å². The molecule has 0 aromatic carbocycles.